The molecule has 0 aliphatic rings. The van der Waals surface area contributed by atoms with Crippen molar-refractivity contribution in [2.45, 2.75) is 0 Å². The quantitative estimate of drug-likeness (QED) is 0.745. The van der Waals surface area contributed by atoms with E-state index in [2.05, 4.69) is 0 Å². The van der Waals surface area contributed by atoms with Crippen LogP contribution in [0.15, 0.2) is 24.3 Å². The van der Waals surface area contributed by atoms with Crippen molar-refractivity contribution in [2.75, 3.05) is 0 Å². The Kier molecular flexibility index (Phi) is 4.17. The molecule has 0 aliphatic carbocycles. The van der Waals surface area contributed by atoms with Crippen LogP contribution < -0.4 is 0 Å². The Labute approximate surface area is 84.7 Å². The van der Waals surface area contributed by atoms with Crippen LogP contribution in [-0.4, -0.2) is 22.2 Å². The SMILES string of the molecule is O=C(O)c1cccc(C(=O)O)c1.[Cu]. The number of carbonyl (C=O) groups is 2. The van der Waals surface area contributed by atoms with E-state index in [1.807, 2.05) is 0 Å². The molecule has 0 unspecified atom stereocenters. The Morgan fingerprint density at radius 2 is 1.38 bits per heavy atom. The van der Waals surface area contributed by atoms with Crippen LogP contribution >= 0.6 is 0 Å². The van der Waals surface area contributed by atoms with E-state index in [0.717, 1.165) is 6.07 Å². The van der Waals surface area contributed by atoms with Gasteiger partial charge < -0.3 is 10.2 Å². The van der Waals surface area contributed by atoms with Gasteiger partial charge in [-0.25, -0.2) is 9.59 Å². The number of carboxylic acid groups (broad SMARTS) is 2. The third kappa shape index (κ3) is 2.89. The average molecular weight is 230 g/mol. The van der Waals surface area contributed by atoms with E-state index in [0.29, 0.717) is 0 Å². The second kappa shape index (κ2) is 4.64. The van der Waals surface area contributed by atoms with Crippen LogP contribution in [0.4, 0.5) is 0 Å². The summed E-state index contributed by atoms with van der Waals surface area (Å²) < 4.78 is 0. The molecule has 0 saturated heterocycles. The van der Waals surface area contributed by atoms with Gasteiger partial charge >= 0.3 is 11.9 Å². The minimum atomic E-state index is -1.13. The molecule has 2 N–H and O–H groups in total. The fraction of sp³-hybridized carbons (Fsp3) is 0. The summed E-state index contributed by atoms with van der Waals surface area (Å²) in [5, 5.41) is 17.0. The smallest absolute Gasteiger partial charge is 0.335 e. The summed E-state index contributed by atoms with van der Waals surface area (Å²) in [6.45, 7) is 0. The zero-order valence-corrected chi connectivity index (χ0v) is 7.26. The van der Waals surface area contributed by atoms with Crippen LogP contribution in [0.1, 0.15) is 20.7 Å². The van der Waals surface area contributed by atoms with Crippen molar-refractivity contribution < 1.29 is 36.9 Å². The van der Waals surface area contributed by atoms with Gasteiger partial charge in [-0.2, -0.15) is 0 Å². The van der Waals surface area contributed by atoms with Gasteiger partial charge in [-0.05, 0) is 18.2 Å². The molecule has 0 spiro atoms. The van der Waals surface area contributed by atoms with Gasteiger partial charge in [0.1, 0.15) is 0 Å². The number of benzene rings is 1. The Morgan fingerprint density at radius 1 is 1.00 bits per heavy atom. The molecule has 0 bridgehead atoms. The topological polar surface area (TPSA) is 74.6 Å². The first-order valence-corrected chi connectivity index (χ1v) is 3.18. The van der Waals surface area contributed by atoms with Crippen LogP contribution in [0, 0.1) is 0 Å². The molecule has 4 nitrogen and oxygen atoms in total. The molecule has 5 heteroatoms. The van der Waals surface area contributed by atoms with Crippen molar-refractivity contribution in [3.8, 4) is 0 Å². The van der Waals surface area contributed by atoms with Gasteiger partial charge in [0.2, 0.25) is 0 Å². The largest absolute Gasteiger partial charge is 0.478 e. The van der Waals surface area contributed by atoms with Crippen molar-refractivity contribution in [1.29, 1.82) is 0 Å². The summed E-state index contributed by atoms with van der Waals surface area (Å²) in [7, 11) is 0. The maximum atomic E-state index is 10.4. The predicted octanol–water partition coefficient (Wildman–Crippen LogP) is 1.08. The van der Waals surface area contributed by atoms with Crippen molar-refractivity contribution in [2.24, 2.45) is 0 Å². The monoisotopic (exact) mass is 229 g/mol. The third-order valence-corrected chi connectivity index (χ3v) is 1.36. The van der Waals surface area contributed by atoms with Crippen molar-refractivity contribution in [1.82, 2.24) is 0 Å². The Morgan fingerprint density at radius 3 is 1.69 bits per heavy atom. The van der Waals surface area contributed by atoms with E-state index in [1.165, 1.54) is 18.2 Å². The molecule has 13 heavy (non-hydrogen) atoms. The number of rotatable bonds is 2. The minimum Gasteiger partial charge on any atom is -0.478 e. The standard InChI is InChI=1S/C8H6O4.Cu/c9-7(10)5-2-1-3-6(4-5)8(11)12;/h1-4H,(H,9,10)(H,11,12);. The molecule has 0 heterocycles. The third-order valence-electron chi connectivity index (χ3n) is 1.36. The first-order valence-electron chi connectivity index (χ1n) is 3.18. The summed E-state index contributed by atoms with van der Waals surface area (Å²) in [5.41, 5.74) is -0.0372. The summed E-state index contributed by atoms with van der Waals surface area (Å²) in [5.74, 6) is -2.25. The van der Waals surface area contributed by atoms with Gasteiger partial charge in [0, 0.05) is 17.1 Å². The zero-order chi connectivity index (χ0) is 9.14. The van der Waals surface area contributed by atoms with E-state index in [4.69, 9.17) is 10.2 Å². The molecule has 0 aromatic heterocycles. The van der Waals surface area contributed by atoms with Crippen molar-refractivity contribution in [3.63, 3.8) is 0 Å². The first kappa shape index (κ1) is 11.7. The molecule has 0 aliphatic heterocycles. The van der Waals surface area contributed by atoms with Crippen LogP contribution in [-0.2, 0) is 17.1 Å². The molecule has 1 rings (SSSR count). The number of carboxylic acids is 2. The minimum absolute atomic E-state index is 0. The molecule has 1 aromatic carbocycles. The van der Waals surface area contributed by atoms with E-state index in [-0.39, 0.29) is 28.2 Å². The molecule has 1 radical (unpaired) electrons. The molecule has 0 saturated carbocycles. The Hall–Kier alpha value is -1.32. The zero-order valence-electron chi connectivity index (χ0n) is 6.32. The molecule has 0 fully saturated rings. The number of hydrogen-bond donors (Lipinski definition) is 2. The molecular formula is C8H6CuO4. The normalized spacial score (nSPS) is 8.62. The maximum absolute atomic E-state index is 10.4. The van der Waals surface area contributed by atoms with Gasteiger partial charge in [-0.1, -0.05) is 6.07 Å². The molecular weight excluding hydrogens is 224 g/mol. The number of hydrogen-bond acceptors (Lipinski definition) is 2. The number of aromatic carboxylic acids is 2. The summed E-state index contributed by atoms with van der Waals surface area (Å²) >= 11 is 0. The Bertz CT molecular complexity index is 305. The molecule has 1 aromatic rings. The average Bonchev–Trinajstić information content (AvgIpc) is 2.04. The fourth-order valence-corrected chi connectivity index (χ4v) is 0.785. The fourth-order valence-electron chi connectivity index (χ4n) is 0.785. The van der Waals surface area contributed by atoms with Gasteiger partial charge in [0.05, 0.1) is 11.1 Å². The van der Waals surface area contributed by atoms with Crippen LogP contribution in [0.5, 0.6) is 0 Å². The van der Waals surface area contributed by atoms with E-state index < -0.39 is 11.9 Å². The van der Waals surface area contributed by atoms with Gasteiger partial charge in [-0.15, -0.1) is 0 Å². The summed E-state index contributed by atoms with van der Waals surface area (Å²) in [6, 6.07) is 5.20. The molecule has 0 amide bonds. The second-order valence-corrected chi connectivity index (χ2v) is 2.19. The second-order valence-electron chi connectivity index (χ2n) is 2.19. The van der Waals surface area contributed by atoms with Crippen LogP contribution in [0.3, 0.4) is 0 Å². The molecule has 73 valence electrons. The summed E-state index contributed by atoms with van der Waals surface area (Å²) in [4.78, 5) is 20.8. The van der Waals surface area contributed by atoms with Gasteiger partial charge in [0.15, 0.2) is 0 Å². The maximum Gasteiger partial charge on any atom is 0.335 e. The van der Waals surface area contributed by atoms with E-state index in [1.54, 1.807) is 0 Å². The van der Waals surface area contributed by atoms with Gasteiger partial charge in [-0.3, -0.25) is 0 Å². The van der Waals surface area contributed by atoms with E-state index in [9.17, 15) is 9.59 Å². The van der Waals surface area contributed by atoms with Crippen LogP contribution in [0.25, 0.3) is 0 Å². The summed E-state index contributed by atoms with van der Waals surface area (Å²) in [6.07, 6.45) is 0. The first-order chi connectivity index (χ1) is 5.61. The Balaban J connectivity index is 0.00000144. The van der Waals surface area contributed by atoms with Gasteiger partial charge in [0.25, 0.3) is 0 Å². The van der Waals surface area contributed by atoms with E-state index >= 15 is 0 Å². The van der Waals surface area contributed by atoms with Crippen molar-refractivity contribution >= 4 is 11.9 Å². The van der Waals surface area contributed by atoms with Crippen molar-refractivity contribution in [3.05, 3.63) is 35.4 Å². The predicted molar refractivity (Wildman–Crippen MR) is 40.4 cm³/mol. The van der Waals surface area contributed by atoms with Crippen LogP contribution in [0.2, 0.25) is 0 Å². The molecule has 0 atom stereocenters.